The number of piperazine rings is 1. The van der Waals surface area contributed by atoms with E-state index < -0.39 is 0 Å². The molecule has 0 N–H and O–H groups in total. The summed E-state index contributed by atoms with van der Waals surface area (Å²) in [5.41, 5.74) is 0. The van der Waals surface area contributed by atoms with Gasteiger partial charge in [0.05, 0.1) is 18.3 Å². The molecule has 0 spiro atoms. The number of hydrogen-bond acceptors (Lipinski definition) is 6. The Morgan fingerprint density at radius 2 is 1.93 bits per heavy atom. The first-order valence-electron chi connectivity index (χ1n) is 9.99. The fourth-order valence-electron chi connectivity index (χ4n) is 4.45. The van der Waals surface area contributed by atoms with E-state index >= 15 is 0 Å². The summed E-state index contributed by atoms with van der Waals surface area (Å²) in [5, 5.41) is 12.7. The maximum atomic E-state index is 12.5. The Morgan fingerprint density at radius 3 is 2.56 bits per heavy atom. The van der Waals surface area contributed by atoms with Crippen LogP contribution in [0.5, 0.6) is 0 Å². The average molecular weight is 372 g/mol. The highest BCUT2D eigenvalue weighted by atomic mass is 16.3. The zero-order chi connectivity index (χ0) is 18.8. The Hall–Kier alpha value is -2.22. The number of furan rings is 1. The van der Waals surface area contributed by atoms with Gasteiger partial charge in [0.2, 0.25) is 0 Å². The molecular formula is C19H28N6O2. The smallest absolute Gasteiger partial charge is 0.289 e. The molecule has 1 aliphatic carbocycles. The van der Waals surface area contributed by atoms with E-state index in [1.54, 1.807) is 18.4 Å². The largest absolute Gasteiger partial charge is 0.459 e. The Morgan fingerprint density at radius 1 is 1.19 bits per heavy atom. The van der Waals surface area contributed by atoms with E-state index in [4.69, 9.17) is 4.42 Å². The molecule has 27 heavy (non-hydrogen) atoms. The summed E-state index contributed by atoms with van der Waals surface area (Å²) in [7, 11) is 0. The maximum absolute atomic E-state index is 12.5. The van der Waals surface area contributed by atoms with Crippen molar-refractivity contribution in [1.82, 2.24) is 30.0 Å². The molecule has 1 saturated heterocycles. The first-order valence-corrected chi connectivity index (χ1v) is 9.99. The minimum atomic E-state index is -0.0310. The summed E-state index contributed by atoms with van der Waals surface area (Å²) in [5.74, 6) is 1.75. The highest BCUT2D eigenvalue weighted by Gasteiger charge is 2.34. The molecule has 4 rings (SSSR count). The number of amides is 1. The van der Waals surface area contributed by atoms with Gasteiger partial charge in [-0.1, -0.05) is 26.7 Å². The molecule has 1 atom stereocenters. The first-order chi connectivity index (χ1) is 13.1. The molecule has 0 radical (unpaired) electrons. The normalized spacial score (nSPS) is 20.5. The van der Waals surface area contributed by atoms with Crippen LogP contribution in [0.25, 0.3) is 0 Å². The van der Waals surface area contributed by atoms with Crippen LogP contribution in [0.4, 0.5) is 0 Å². The van der Waals surface area contributed by atoms with E-state index in [1.807, 2.05) is 4.90 Å². The van der Waals surface area contributed by atoms with Gasteiger partial charge in [-0.25, -0.2) is 4.68 Å². The fraction of sp³-hybridized carbons (Fsp3) is 0.684. The van der Waals surface area contributed by atoms with Crippen LogP contribution in [0.15, 0.2) is 22.8 Å². The van der Waals surface area contributed by atoms with Crippen molar-refractivity contribution in [3.05, 3.63) is 30.0 Å². The van der Waals surface area contributed by atoms with E-state index in [-0.39, 0.29) is 11.9 Å². The molecule has 146 valence electrons. The van der Waals surface area contributed by atoms with Gasteiger partial charge < -0.3 is 9.32 Å². The van der Waals surface area contributed by atoms with Gasteiger partial charge in [0, 0.05) is 26.2 Å². The number of nitrogens with zero attached hydrogens (tertiary/aromatic N) is 6. The van der Waals surface area contributed by atoms with Crippen LogP contribution < -0.4 is 0 Å². The third kappa shape index (κ3) is 3.63. The van der Waals surface area contributed by atoms with Gasteiger partial charge >= 0.3 is 0 Å². The van der Waals surface area contributed by atoms with Gasteiger partial charge in [-0.15, -0.1) is 5.10 Å². The zero-order valence-corrected chi connectivity index (χ0v) is 16.1. The van der Waals surface area contributed by atoms with Crippen LogP contribution >= 0.6 is 0 Å². The molecule has 1 saturated carbocycles. The van der Waals surface area contributed by atoms with E-state index in [1.165, 1.54) is 12.8 Å². The van der Waals surface area contributed by atoms with Crippen molar-refractivity contribution in [3.63, 3.8) is 0 Å². The first kappa shape index (κ1) is 18.2. The minimum absolute atomic E-state index is 0.0310. The quantitative estimate of drug-likeness (QED) is 0.802. The van der Waals surface area contributed by atoms with Crippen LogP contribution in [-0.4, -0.2) is 62.1 Å². The summed E-state index contributed by atoms with van der Waals surface area (Å²) in [6, 6.07) is 4.07. The lowest BCUT2D eigenvalue weighted by Gasteiger charge is -2.40. The average Bonchev–Trinajstić information content (AvgIpc) is 3.42. The van der Waals surface area contributed by atoms with Crippen molar-refractivity contribution in [2.24, 2.45) is 5.92 Å². The Labute approximate surface area is 159 Å². The second-order valence-corrected chi connectivity index (χ2v) is 7.91. The van der Waals surface area contributed by atoms with Crippen molar-refractivity contribution in [2.45, 2.75) is 51.6 Å². The summed E-state index contributed by atoms with van der Waals surface area (Å²) >= 11 is 0. The standard InChI is InChI=1S/C19H28N6O2/c1-14(2)17(18-20-21-22-25(18)15-6-3-4-7-15)23-9-11-24(12-10-23)19(26)16-8-5-13-27-16/h5,8,13-15,17H,3-4,6-7,9-12H2,1-2H3/t17-/m1/s1. The van der Waals surface area contributed by atoms with Gasteiger partial charge in [-0.05, 0) is 41.3 Å². The van der Waals surface area contributed by atoms with Crippen molar-refractivity contribution in [2.75, 3.05) is 26.2 Å². The topological polar surface area (TPSA) is 80.3 Å². The molecule has 2 aromatic rings. The second-order valence-electron chi connectivity index (χ2n) is 7.91. The highest BCUT2D eigenvalue weighted by molar-refractivity contribution is 5.91. The predicted octanol–water partition coefficient (Wildman–Crippen LogP) is 2.54. The summed E-state index contributed by atoms with van der Waals surface area (Å²) < 4.78 is 7.33. The number of aromatic nitrogens is 4. The summed E-state index contributed by atoms with van der Waals surface area (Å²) in [6.07, 6.45) is 6.37. The summed E-state index contributed by atoms with van der Waals surface area (Å²) in [4.78, 5) is 16.8. The predicted molar refractivity (Wildman–Crippen MR) is 99.1 cm³/mol. The molecule has 1 aliphatic heterocycles. The van der Waals surface area contributed by atoms with Crippen molar-refractivity contribution in [1.29, 1.82) is 0 Å². The second kappa shape index (κ2) is 7.80. The van der Waals surface area contributed by atoms with E-state index in [0.29, 0.717) is 30.8 Å². The monoisotopic (exact) mass is 372 g/mol. The molecule has 3 heterocycles. The Kier molecular flexibility index (Phi) is 5.24. The fourth-order valence-corrected chi connectivity index (χ4v) is 4.45. The molecule has 0 unspecified atom stereocenters. The van der Waals surface area contributed by atoms with Gasteiger partial charge in [0.1, 0.15) is 0 Å². The van der Waals surface area contributed by atoms with E-state index in [2.05, 4.69) is 39.0 Å². The van der Waals surface area contributed by atoms with Gasteiger partial charge in [0.25, 0.3) is 5.91 Å². The van der Waals surface area contributed by atoms with Crippen LogP contribution in [0.1, 0.15) is 68.0 Å². The lowest BCUT2D eigenvalue weighted by atomic mass is 10.00. The van der Waals surface area contributed by atoms with Crippen molar-refractivity contribution in [3.8, 4) is 0 Å². The number of carbonyl (C=O) groups is 1. The van der Waals surface area contributed by atoms with Crippen LogP contribution in [0.2, 0.25) is 0 Å². The number of carbonyl (C=O) groups excluding carboxylic acids is 1. The molecule has 0 bridgehead atoms. The molecule has 0 aromatic carbocycles. The zero-order valence-electron chi connectivity index (χ0n) is 16.1. The van der Waals surface area contributed by atoms with E-state index in [0.717, 1.165) is 31.8 Å². The molecule has 1 amide bonds. The lowest BCUT2D eigenvalue weighted by molar-refractivity contribution is 0.0460. The third-order valence-electron chi connectivity index (χ3n) is 5.81. The van der Waals surface area contributed by atoms with Gasteiger partial charge in [-0.2, -0.15) is 0 Å². The molecular weight excluding hydrogens is 344 g/mol. The molecule has 8 heteroatoms. The third-order valence-corrected chi connectivity index (χ3v) is 5.81. The number of tetrazole rings is 1. The van der Waals surface area contributed by atoms with Gasteiger partial charge in [0.15, 0.2) is 11.6 Å². The Bertz CT molecular complexity index is 742. The summed E-state index contributed by atoms with van der Waals surface area (Å²) in [6.45, 7) is 7.44. The van der Waals surface area contributed by atoms with Crippen LogP contribution in [0.3, 0.4) is 0 Å². The number of hydrogen-bond donors (Lipinski definition) is 0. The van der Waals surface area contributed by atoms with Crippen LogP contribution in [-0.2, 0) is 0 Å². The minimum Gasteiger partial charge on any atom is -0.459 e. The van der Waals surface area contributed by atoms with Crippen molar-refractivity contribution < 1.29 is 9.21 Å². The molecule has 2 aromatic heterocycles. The maximum Gasteiger partial charge on any atom is 0.289 e. The van der Waals surface area contributed by atoms with Crippen molar-refractivity contribution >= 4 is 5.91 Å². The molecule has 8 nitrogen and oxygen atoms in total. The lowest BCUT2D eigenvalue weighted by Crippen LogP contribution is -2.50. The van der Waals surface area contributed by atoms with E-state index in [9.17, 15) is 4.79 Å². The highest BCUT2D eigenvalue weighted by Crippen LogP contribution is 2.34. The Balaban J connectivity index is 1.47. The molecule has 2 fully saturated rings. The van der Waals surface area contributed by atoms with Gasteiger partial charge in [-0.3, -0.25) is 9.69 Å². The van der Waals surface area contributed by atoms with Crippen LogP contribution in [0, 0.1) is 5.92 Å². The number of rotatable bonds is 5. The molecule has 2 aliphatic rings. The SMILES string of the molecule is CC(C)[C@H](c1nnnn1C1CCCC1)N1CCN(C(=O)c2ccco2)CC1.